The highest BCUT2D eigenvalue weighted by atomic mass is 79.9. The van der Waals surface area contributed by atoms with Gasteiger partial charge in [-0.2, -0.15) is 0 Å². The molecule has 3 amide bonds. The molecule has 4 rings (SSSR count). The smallest absolute Gasteiger partial charge is 0.294 e. The second-order valence-corrected chi connectivity index (χ2v) is 9.85. The molecule has 0 aliphatic carbocycles. The summed E-state index contributed by atoms with van der Waals surface area (Å²) in [7, 11) is 1.49. The topological polar surface area (TPSA) is 79.4 Å². The number of piperazine rings is 1. The maximum absolute atomic E-state index is 13.0. The summed E-state index contributed by atoms with van der Waals surface area (Å²) < 4.78 is 11.5. The molecule has 2 aliphatic heterocycles. The molecule has 186 valence electrons. The van der Waals surface area contributed by atoms with E-state index >= 15 is 0 Å². The van der Waals surface area contributed by atoms with Gasteiger partial charge in [-0.05, 0) is 63.6 Å². The van der Waals surface area contributed by atoms with E-state index in [0.29, 0.717) is 47.7 Å². The zero-order valence-electron chi connectivity index (χ0n) is 19.6. The highest BCUT2D eigenvalue weighted by Gasteiger charge is 2.37. The minimum atomic E-state index is -0.496. The van der Waals surface area contributed by atoms with E-state index in [4.69, 9.17) is 15.9 Å². The second-order valence-electron chi connectivity index (χ2n) is 8.00. The van der Waals surface area contributed by atoms with Crippen molar-refractivity contribution in [3.63, 3.8) is 0 Å². The number of carbonyl (C=O) groups is 3. The number of amides is 3. The third-order valence-corrected chi connectivity index (χ3v) is 7.27. The molecule has 2 fully saturated rings. The molecule has 10 heteroatoms. The molecule has 0 bridgehead atoms. The molecule has 0 radical (unpaired) electrons. The van der Waals surface area contributed by atoms with E-state index in [1.165, 1.54) is 7.11 Å². The van der Waals surface area contributed by atoms with Gasteiger partial charge in [0, 0.05) is 31.9 Å². The lowest BCUT2D eigenvalue weighted by atomic mass is 10.2. The lowest BCUT2D eigenvalue weighted by Crippen LogP contribution is -2.51. The van der Waals surface area contributed by atoms with Crippen LogP contribution in [-0.4, -0.2) is 73.3 Å². The number of imide groups is 1. The number of hydrogen-bond donors (Lipinski definition) is 0. The summed E-state index contributed by atoms with van der Waals surface area (Å²) in [6.45, 7) is 2.23. The molecule has 0 unspecified atom stereocenters. The van der Waals surface area contributed by atoms with Crippen molar-refractivity contribution in [1.29, 1.82) is 0 Å². The number of terminal acetylenes is 1. The maximum Gasteiger partial charge on any atom is 0.294 e. The summed E-state index contributed by atoms with van der Waals surface area (Å²) >= 11 is 4.23. The molecule has 8 nitrogen and oxygen atoms in total. The van der Waals surface area contributed by atoms with Crippen molar-refractivity contribution in [3.05, 3.63) is 57.4 Å². The molecule has 0 atom stereocenters. The van der Waals surface area contributed by atoms with Gasteiger partial charge < -0.3 is 19.3 Å². The van der Waals surface area contributed by atoms with Crippen LogP contribution in [0.25, 0.3) is 6.08 Å². The monoisotopic (exact) mass is 569 g/mol. The SMILES string of the molecule is C#CCOc1c(Br)cc(/C=C2/SC(=O)N(CC(=O)N3CCN(c4ccccc4)CC3)C2=O)cc1OC. The largest absolute Gasteiger partial charge is 0.493 e. The molecule has 0 N–H and O–H groups in total. The summed E-state index contributed by atoms with van der Waals surface area (Å²) in [5.41, 5.74) is 1.74. The Morgan fingerprint density at radius 2 is 1.89 bits per heavy atom. The Balaban J connectivity index is 1.41. The summed E-state index contributed by atoms with van der Waals surface area (Å²) in [6, 6.07) is 13.4. The van der Waals surface area contributed by atoms with E-state index in [1.54, 1.807) is 23.1 Å². The van der Waals surface area contributed by atoms with Crippen molar-refractivity contribution >= 4 is 56.5 Å². The fourth-order valence-corrected chi connectivity index (χ4v) is 5.37. The predicted octanol–water partition coefficient (Wildman–Crippen LogP) is 3.85. The summed E-state index contributed by atoms with van der Waals surface area (Å²) in [5, 5.41) is -0.470. The van der Waals surface area contributed by atoms with Crippen LogP contribution in [0.4, 0.5) is 10.5 Å². The average molecular weight is 570 g/mol. The van der Waals surface area contributed by atoms with Crippen LogP contribution < -0.4 is 14.4 Å². The first-order valence-corrected chi connectivity index (χ1v) is 12.8. The van der Waals surface area contributed by atoms with Crippen LogP contribution in [0.15, 0.2) is 51.8 Å². The zero-order chi connectivity index (χ0) is 25.7. The first kappa shape index (κ1) is 25.7. The highest BCUT2D eigenvalue weighted by Crippen LogP contribution is 2.39. The molecule has 36 heavy (non-hydrogen) atoms. The van der Waals surface area contributed by atoms with Gasteiger partial charge >= 0.3 is 0 Å². The number of anilines is 1. The number of nitrogens with zero attached hydrogens (tertiary/aromatic N) is 3. The van der Waals surface area contributed by atoms with Gasteiger partial charge in [0.1, 0.15) is 13.2 Å². The maximum atomic E-state index is 13.0. The molecule has 2 aliphatic rings. The fourth-order valence-electron chi connectivity index (χ4n) is 3.95. The molecule has 2 heterocycles. The van der Waals surface area contributed by atoms with Crippen molar-refractivity contribution in [1.82, 2.24) is 9.80 Å². The van der Waals surface area contributed by atoms with Gasteiger partial charge in [-0.25, -0.2) is 0 Å². The fraction of sp³-hybridized carbons (Fsp3) is 0.269. The molecular weight excluding hydrogens is 546 g/mol. The number of rotatable bonds is 7. The number of benzene rings is 2. The van der Waals surface area contributed by atoms with E-state index < -0.39 is 11.1 Å². The number of carbonyl (C=O) groups excluding carboxylic acids is 3. The van der Waals surface area contributed by atoms with Crippen molar-refractivity contribution < 1.29 is 23.9 Å². The van der Waals surface area contributed by atoms with Gasteiger partial charge in [0.15, 0.2) is 11.5 Å². The van der Waals surface area contributed by atoms with E-state index in [-0.39, 0.29) is 24.0 Å². The van der Waals surface area contributed by atoms with Crippen LogP contribution in [0.3, 0.4) is 0 Å². The molecule has 2 saturated heterocycles. The normalized spacial score (nSPS) is 16.9. The van der Waals surface area contributed by atoms with Gasteiger partial charge in [-0.15, -0.1) is 6.42 Å². The Morgan fingerprint density at radius 3 is 2.56 bits per heavy atom. The Bertz CT molecular complexity index is 1240. The van der Waals surface area contributed by atoms with Gasteiger partial charge in [-0.1, -0.05) is 24.1 Å². The minimum absolute atomic E-state index is 0.0720. The third-order valence-electron chi connectivity index (χ3n) is 5.77. The zero-order valence-corrected chi connectivity index (χ0v) is 22.0. The van der Waals surface area contributed by atoms with Gasteiger partial charge in [0.2, 0.25) is 5.91 Å². The van der Waals surface area contributed by atoms with Crippen molar-refractivity contribution in [3.8, 4) is 23.8 Å². The second kappa shape index (κ2) is 11.5. The quantitative estimate of drug-likeness (QED) is 0.370. The third kappa shape index (κ3) is 5.69. The van der Waals surface area contributed by atoms with Crippen LogP contribution in [0, 0.1) is 12.3 Å². The Kier molecular flexibility index (Phi) is 8.23. The molecule has 0 aromatic heterocycles. The number of ether oxygens (including phenoxy) is 2. The number of para-hydroxylation sites is 1. The summed E-state index contributed by atoms with van der Waals surface area (Å²) in [6.07, 6.45) is 6.85. The van der Waals surface area contributed by atoms with Gasteiger partial charge in [-0.3, -0.25) is 19.3 Å². The van der Waals surface area contributed by atoms with E-state index in [9.17, 15) is 14.4 Å². The van der Waals surface area contributed by atoms with Crippen molar-refractivity contribution in [2.24, 2.45) is 0 Å². The number of hydrogen-bond acceptors (Lipinski definition) is 7. The lowest BCUT2D eigenvalue weighted by molar-refractivity contribution is -0.136. The van der Waals surface area contributed by atoms with E-state index in [1.807, 2.05) is 30.3 Å². The predicted molar refractivity (Wildman–Crippen MR) is 143 cm³/mol. The first-order chi connectivity index (χ1) is 17.4. The molecular formula is C26H24BrN3O5S. The minimum Gasteiger partial charge on any atom is -0.493 e. The Morgan fingerprint density at radius 1 is 1.17 bits per heavy atom. The first-order valence-electron chi connectivity index (χ1n) is 11.2. The molecule has 0 saturated carbocycles. The molecule has 0 spiro atoms. The van der Waals surface area contributed by atoms with Crippen molar-refractivity contribution in [2.75, 3.05) is 51.3 Å². The van der Waals surface area contributed by atoms with E-state index in [2.05, 4.69) is 26.8 Å². The highest BCUT2D eigenvalue weighted by molar-refractivity contribution is 9.10. The Hall–Kier alpha value is -3.42. The van der Waals surface area contributed by atoms with Crippen LogP contribution in [0.1, 0.15) is 5.56 Å². The van der Waals surface area contributed by atoms with Crippen molar-refractivity contribution in [2.45, 2.75) is 0 Å². The number of thioether (sulfide) groups is 1. The van der Waals surface area contributed by atoms with E-state index in [0.717, 1.165) is 22.3 Å². The van der Waals surface area contributed by atoms with Crippen LogP contribution in [0.2, 0.25) is 0 Å². The summed E-state index contributed by atoms with van der Waals surface area (Å²) in [5.74, 6) is 2.53. The average Bonchev–Trinajstić information content (AvgIpc) is 3.15. The molecule has 2 aromatic rings. The van der Waals surface area contributed by atoms with Crippen LogP contribution in [0.5, 0.6) is 11.5 Å². The standard InChI is InChI=1S/C26H24BrN3O5S/c1-3-13-35-24-20(27)14-18(15-21(24)34-2)16-22-25(32)30(26(33)36-22)17-23(31)29-11-9-28(10-12-29)19-7-5-4-6-8-19/h1,4-8,14-16H,9-13,17H2,2H3/b22-16+. The molecule has 2 aromatic carbocycles. The van der Waals surface area contributed by atoms with Crippen LogP contribution >= 0.6 is 27.7 Å². The lowest BCUT2D eigenvalue weighted by Gasteiger charge is -2.36. The van der Waals surface area contributed by atoms with Gasteiger partial charge in [0.05, 0.1) is 16.5 Å². The number of methoxy groups -OCH3 is 1. The summed E-state index contributed by atoms with van der Waals surface area (Å²) in [4.78, 5) is 43.6. The van der Waals surface area contributed by atoms with Crippen LogP contribution in [-0.2, 0) is 9.59 Å². The van der Waals surface area contributed by atoms with Gasteiger partial charge in [0.25, 0.3) is 11.1 Å². The number of halogens is 1. The Labute approximate surface area is 222 Å².